The summed E-state index contributed by atoms with van der Waals surface area (Å²) in [6.45, 7) is 0. The van der Waals surface area contributed by atoms with Crippen LogP contribution in [0.5, 0.6) is 0 Å². The first-order valence-corrected chi connectivity index (χ1v) is 10.1. The molecule has 13 heavy (non-hydrogen) atoms. The van der Waals surface area contributed by atoms with Crippen LogP contribution in [0.25, 0.3) is 0 Å². The van der Waals surface area contributed by atoms with Crippen molar-refractivity contribution in [1.82, 2.24) is 0 Å². The summed E-state index contributed by atoms with van der Waals surface area (Å²) in [6.07, 6.45) is -4.19. The molecular formula is C9H10F3Ga. The molecular weight excluding hydrogens is 235 g/mol. The SMILES string of the molecule is [CH3][Ga]([CH3])[c]1ccccc1C(F)(F)F. The molecule has 0 saturated heterocycles. The van der Waals surface area contributed by atoms with E-state index in [9.17, 15) is 13.2 Å². The summed E-state index contributed by atoms with van der Waals surface area (Å²) in [4.78, 5) is 0. The van der Waals surface area contributed by atoms with Crippen LogP contribution in [-0.4, -0.2) is 16.2 Å². The Labute approximate surface area is 80.8 Å². The predicted octanol–water partition coefficient (Wildman–Crippen LogP) is 2.67. The Morgan fingerprint density at radius 2 is 1.62 bits per heavy atom. The molecule has 1 aromatic carbocycles. The van der Waals surface area contributed by atoms with Crippen molar-refractivity contribution in [2.24, 2.45) is 0 Å². The third kappa shape index (κ3) is 2.54. The van der Waals surface area contributed by atoms with Gasteiger partial charge in [-0.1, -0.05) is 0 Å². The topological polar surface area (TPSA) is 0 Å². The number of alkyl halides is 3. The first kappa shape index (κ1) is 10.7. The summed E-state index contributed by atoms with van der Waals surface area (Å²) >= 11 is -1.84. The van der Waals surface area contributed by atoms with Gasteiger partial charge in [-0.15, -0.1) is 0 Å². The van der Waals surface area contributed by atoms with E-state index in [0.717, 1.165) is 0 Å². The van der Waals surface area contributed by atoms with Crippen LogP contribution in [-0.2, 0) is 6.18 Å². The number of halogens is 3. The zero-order chi connectivity index (χ0) is 10.1. The van der Waals surface area contributed by atoms with Crippen molar-refractivity contribution >= 4 is 20.3 Å². The van der Waals surface area contributed by atoms with E-state index < -0.39 is 28.0 Å². The standard InChI is InChI=1S/C7H4F3.2CH3.Ga/c8-7(9,10)6-4-2-1-3-5-6;;;/h1-4H;2*1H3;. The molecule has 0 fully saturated rings. The molecule has 70 valence electrons. The van der Waals surface area contributed by atoms with Gasteiger partial charge in [0.05, 0.1) is 0 Å². The van der Waals surface area contributed by atoms with Crippen molar-refractivity contribution in [3.05, 3.63) is 29.8 Å². The van der Waals surface area contributed by atoms with Gasteiger partial charge < -0.3 is 0 Å². The molecule has 0 heterocycles. The van der Waals surface area contributed by atoms with Gasteiger partial charge in [-0.2, -0.15) is 0 Å². The predicted molar refractivity (Wildman–Crippen MR) is 48.6 cm³/mol. The molecule has 0 amide bonds. The minimum absolute atomic E-state index is 0.440. The molecule has 0 aliphatic heterocycles. The number of hydrogen-bond donors (Lipinski definition) is 0. The second-order valence-electron chi connectivity index (χ2n) is 3.24. The summed E-state index contributed by atoms with van der Waals surface area (Å²) in [5, 5.41) is 0. The summed E-state index contributed by atoms with van der Waals surface area (Å²) in [5.41, 5.74) is 3.44. The van der Waals surface area contributed by atoms with Crippen LogP contribution in [0.4, 0.5) is 13.2 Å². The molecule has 0 unspecified atom stereocenters. The summed E-state index contributed by atoms with van der Waals surface area (Å²) in [6, 6.07) is 5.89. The molecule has 0 aliphatic rings. The molecule has 0 saturated carbocycles. The van der Waals surface area contributed by atoms with Crippen molar-refractivity contribution in [2.45, 2.75) is 17.1 Å². The Balaban J connectivity index is 3.20. The van der Waals surface area contributed by atoms with Gasteiger partial charge in [-0.3, -0.25) is 0 Å². The van der Waals surface area contributed by atoms with Crippen LogP contribution in [0.3, 0.4) is 0 Å². The fourth-order valence-corrected chi connectivity index (χ4v) is 4.15. The van der Waals surface area contributed by atoms with Crippen LogP contribution in [0.2, 0.25) is 11.0 Å². The van der Waals surface area contributed by atoms with E-state index in [-0.39, 0.29) is 0 Å². The van der Waals surface area contributed by atoms with Crippen LogP contribution in [0.15, 0.2) is 24.3 Å². The van der Waals surface area contributed by atoms with E-state index in [1.807, 2.05) is 11.0 Å². The van der Waals surface area contributed by atoms with E-state index in [2.05, 4.69) is 0 Å². The molecule has 0 bridgehead atoms. The summed E-state index contributed by atoms with van der Waals surface area (Å²) < 4.78 is 37.9. The molecule has 1 rings (SSSR count). The van der Waals surface area contributed by atoms with Gasteiger partial charge in [-0.25, -0.2) is 0 Å². The van der Waals surface area contributed by atoms with E-state index in [1.165, 1.54) is 12.1 Å². The third-order valence-electron chi connectivity index (χ3n) is 1.89. The van der Waals surface area contributed by atoms with E-state index in [0.29, 0.717) is 4.12 Å². The molecule has 0 atom stereocenters. The fraction of sp³-hybridized carbons (Fsp3) is 0.333. The first-order valence-electron chi connectivity index (χ1n) is 4.09. The molecule has 0 aliphatic carbocycles. The van der Waals surface area contributed by atoms with Gasteiger partial charge in [-0.05, 0) is 0 Å². The molecule has 0 spiro atoms. The van der Waals surface area contributed by atoms with E-state index >= 15 is 0 Å². The van der Waals surface area contributed by atoms with Gasteiger partial charge in [0.2, 0.25) is 0 Å². The minimum atomic E-state index is -4.19. The second-order valence-corrected chi connectivity index (χ2v) is 9.39. The van der Waals surface area contributed by atoms with Crippen LogP contribution in [0, 0.1) is 0 Å². The molecule has 4 heteroatoms. The fourth-order valence-electron chi connectivity index (χ4n) is 1.26. The van der Waals surface area contributed by atoms with Gasteiger partial charge in [0, 0.05) is 0 Å². The normalized spacial score (nSPS) is 11.5. The van der Waals surface area contributed by atoms with E-state index in [1.54, 1.807) is 12.1 Å². The third-order valence-corrected chi connectivity index (χ3v) is 5.55. The van der Waals surface area contributed by atoms with Crippen molar-refractivity contribution in [1.29, 1.82) is 0 Å². The second kappa shape index (κ2) is 3.80. The Morgan fingerprint density at radius 1 is 1.08 bits per heavy atom. The van der Waals surface area contributed by atoms with Crippen molar-refractivity contribution in [3.8, 4) is 0 Å². The Hall–Kier alpha value is -0.354. The maximum atomic E-state index is 12.4. The molecule has 0 N–H and O–H groups in total. The van der Waals surface area contributed by atoms with Gasteiger partial charge in [0.15, 0.2) is 0 Å². The van der Waals surface area contributed by atoms with Gasteiger partial charge >= 0.3 is 80.5 Å². The monoisotopic (exact) mass is 244 g/mol. The van der Waals surface area contributed by atoms with E-state index in [4.69, 9.17) is 0 Å². The summed E-state index contributed by atoms with van der Waals surface area (Å²) in [7, 11) is 0. The van der Waals surface area contributed by atoms with Gasteiger partial charge in [0.25, 0.3) is 0 Å². The summed E-state index contributed by atoms with van der Waals surface area (Å²) in [5.74, 6) is 0. The molecule has 1 aromatic rings. The average Bonchev–Trinajstić information content (AvgIpc) is 2.03. The Morgan fingerprint density at radius 3 is 2.00 bits per heavy atom. The van der Waals surface area contributed by atoms with Crippen LogP contribution in [0.1, 0.15) is 5.56 Å². The van der Waals surface area contributed by atoms with Gasteiger partial charge in [0.1, 0.15) is 0 Å². The first-order chi connectivity index (χ1) is 5.93. The Bertz CT molecular complexity index is 291. The average molecular weight is 245 g/mol. The van der Waals surface area contributed by atoms with Crippen molar-refractivity contribution < 1.29 is 13.2 Å². The molecule has 0 radical (unpaired) electrons. The van der Waals surface area contributed by atoms with Crippen LogP contribution < -0.4 is 4.12 Å². The molecule has 0 nitrogen and oxygen atoms in total. The van der Waals surface area contributed by atoms with Crippen LogP contribution >= 0.6 is 0 Å². The zero-order valence-electron chi connectivity index (χ0n) is 7.52. The quantitative estimate of drug-likeness (QED) is 0.667. The molecule has 0 aromatic heterocycles. The Kier molecular flexibility index (Phi) is 3.13. The number of benzene rings is 1. The maximum absolute atomic E-state index is 12.4. The number of rotatable bonds is 1. The number of hydrogen-bond acceptors (Lipinski definition) is 0. The zero-order valence-corrected chi connectivity index (χ0v) is 9.94. The van der Waals surface area contributed by atoms with Crippen molar-refractivity contribution in [2.75, 3.05) is 0 Å². The van der Waals surface area contributed by atoms with Crippen molar-refractivity contribution in [3.63, 3.8) is 0 Å².